The molecule has 0 unspecified atom stereocenters. The number of hydrogen-bond acceptors (Lipinski definition) is 5. The van der Waals surface area contributed by atoms with Gasteiger partial charge in [0.15, 0.2) is 5.69 Å². The summed E-state index contributed by atoms with van der Waals surface area (Å²) in [5.74, 6) is -1.12. The van der Waals surface area contributed by atoms with Crippen LogP contribution in [0.5, 0.6) is 0 Å². The minimum absolute atomic E-state index is 0.0529. The van der Waals surface area contributed by atoms with Crippen molar-refractivity contribution in [3.63, 3.8) is 0 Å². The number of nitrogens with zero attached hydrogens (tertiary/aromatic N) is 1. The van der Waals surface area contributed by atoms with Gasteiger partial charge in [0.05, 0.1) is 10.6 Å². The highest BCUT2D eigenvalue weighted by Gasteiger charge is 2.16. The van der Waals surface area contributed by atoms with E-state index in [9.17, 15) is 17.6 Å². The van der Waals surface area contributed by atoms with E-state index in [0.717, 1.165) is 18.2 Å². The molecule has 0 saturated carbocycles. The first kappa shape index (κ1) is 14.2. The molecule has 2 rings (SSSR count). The van der Waals surface area contributed by atoms with Crippen molar-refractivity contribution in [1.29, 1.82) is 0 Å². The Bertz CT molecular complexity index is 770. The standard InChI is InChI=1S/C11H10FN3O4S/c1-6-4-10(15-19-6)11(16)14-9-5-7(20(13,17)18)2-3-8(9)12/h2-5H,1H3,(H,14,16)(H2,13,17,18). The molecule has 3 N–H and O–H groups in total. The molecular weight excluding hydrogens is 289 g/mol. The number of carbonyl (C=O) groups excluding carboxylic acids is 1. The highest BCUT2D eigenvalue weighted by Crippen LogP contribution is 2.19. The summed E-state index contributed by atoms with van der Waals surface area (Å²) in [7, 11) is -3.99. The van der Waals surface area contributed by atoms with Crippen LogP contribution in [0.3, 0.4) is 0 Å². The van der Waals surface area contributed by atoms with Crippen LogP contribution in [0.2, 0.25) is 0 Å². The van der Waals surface area contributed by atoms with Gasteiger partial charge in [-0.15, -0.1) is 0 Å². The lowest BCUT2D eigenvalue weighted by Crippen LogP contribution is -2.16. The number of amides is 1. The Balaban J connectivity index is 2.31. The average Bonchev–Trinajstić information content (AvgIpc) is 2.77. The van der Waals surface area contributed by atoms with Crippen molar-refractivity contribution in [2.24, 2.45) is 5.14 Å². The lowest BCUT2D eigenvalue weighted by Gasteiger charge is -2.06. The van der Waals surface area contributed by atoms with E-state index in [0.29, 0.717) is 5.76 Å². The van der Waals surface area contributed by atoms with Gasteiger partial charge in [-0.25, -0.2) is 17.9 Å². The first-order chi connectivity index (χ1) is 9.27. The molecule has 0 radical (unpaired) electrons. The number of aryl methyl sites for hydroxylation is 1. The van der Waals surface area contributed by atoms with Crippen LogP contribution in [0.25, 0.3) is 0 Å². The van der Waals surface area contributed by atoms with Crippen molar-refractivity contribution in [2.45, 2.75) is 11.8 Å². The second-order valence-electron chi connectivity index (χ2n) is 3.96. The molecule has 2 aromatic rings. The van der Waals surface area contributed by atoms with Crippen LogP contribution in [-0.2, 0) is 10.0 Å². The van der Waals surface area contributed by atoms with Crippen LogP contribution in [-0.4, -0.2) is 19.5 Å². The Labute approximate surface area is 113 Å². The van der Waals surface area contributed by atoms with Crippen LogP contribution >= 0.6 is 0 Å². The van der Waals surface area contributed by atoms with Gasteiger partial charge in [-0.3, -0.25) is 4.79 Å². The number of aromatic nitrogens is 1. The Kier molecular flexibility index (Phi) is 3.55. The fourth-order valence-electron chi connectivity index (χ4n) is 1.44. The monoisotopic (exact) mass is 299 g/mol. The van der Waals surface area contributed by atoms with E-state index >= 15 is 0 Å². The predicted octanol–water partition coefficient (Wildman–Crippen LogP) is 1.02. The summed E-state index contributed by atoms with van der Waals surface area (Å²) in [6, 6.07) is 4.18. The van der Waals surface area contributed by atoms with Crippen molar-refractivity contribution in [2.75, 3.05) is 5.32 Å². The number of rotatable bonds is 3. The number of carbonyl (C=O) groups is 1. The van der Waals surface area contributed by atoms with E-state index in [1.165, 1.54) is 6.07 Å². The maximum Gasteiger partial charge on any atom is 0.277 e. The van der Waals surface area contributed by atoms with Crippen LogP contribution in [0, 0.1) is 12.7 Å². The smallest absolute Gasteiger partial charge is 0.277 e. The minimum atomic E-state index is -3.99. The zero-order chi connectivity index (χ0) is 14.9. The van der Waals surface area contributed by atoms with Crippen LogP contribution in [0.1, 0.15) is 16.2 Å². The number of primary sulfonamides is 1. The molecule has 0 aliphatic carbocycles. The molecular formula is C11H10FN3O4S. The van der Waals surface area contributed by atoms with Crippen molar-refractivity contribution in [3.05, 3.63) is 41.5 Å². The highest BCUT2D eigenvalue weighted by molar-refractivity contribution is 7.89. The van der Waals surface area contributed by atoms with Crippen LogP contribution in [0.15, 0.2) is 33.7 Å². The summed E-state index contributed by atoms with van der Waals surface area (Å²) >= 11 is 0. The second-order valence-corrected chi connectivity index (χ2v) is 5.53. The van der Waals surface area contributed by atoms with E-state index in [1.54, 1.807) is 6.92 Å². The van der Waals surface area contributed by atoms with Gasteiger partial charge in [0.25, 0.3) is 5.91 Å². The first-order valence-electron chi connectivity index (χ1n) is 5.34. The van der Waals surface area contributed by atoms with E-state index < -0.39 is 21.7 Å². The highest BCUT2D eigenvalue weighted by atomic mass is 32.2. The molecule has 20 heavy (non-hydrogen) atoms. The quantitative estimate of drug-likeness (QED) is 0.878. The largest absolute Gasteiger partial charge is 0.361 e. The molecule has 0 bridgehead atoms. The molecule has 9 heteroatoms. The fraction of sp³-hybridized carbons (Fsp3) is 0.0909. The molecule has 0 atom stereocenters. The number of nitrogens with two attached hydrogens (primary N) is 1. The van der Waals surface area contributed by atoms with E-state index in [1.807, 2.05) is 0 Å². The van der Waals surface area contributed by atoms with Crippen LogP contribution in [0.4, 0.5) is 10.1 Å². The van der Waals surface area contributed by atoms with Gasteiger partial charge in [0.2, 0.25) is 10.0 Å². The van der Waals surface area contributed by atoms with E-state index in [-0.39, 0.29) is 16.3 Å². The van der Waals surface area contributed by atoms with Crippen LogP contribution < -0.4 is 10.5 Å². The molecule has 0 aliphatic rings. The molecule has 1 aromatic heterocycles. The average molecular weight is 299 g/mol. The lowest BCUT2D eigenvalue weighted by atomic mass is 10.3. The minimum Gasteiger partial charge on any atom is -0.361 e. The van der Waals surface area contributed by atoms with Gasteiger partial charge >= 0.3 is 0 Å². The third-order valence-electron chi connectivity index (χ3n) is 2.38. The summed E-state index contributed by atoms with van der Waals surface area (Å²) in [5, 5.41) is 10.6. The van der Waals surface area contributed by atoms with E-state index in [2.05, 4.69) is 10.5 Å². The summed E-state index contributed by atoms with van der Waals surface area (Å²) in [5.41, 5.74) is -0.370. The third kappa shape index (κ3) is 3.00. The molecule has 0 saturated heterocycles. The molecule has 0 aliphatic heterocycles. The summed E-state index contributed by atoms with van der Waals surface area (Å²) in [6.07, 6.45) is 0. The van der Waals surface area contributed by atoms with Gasteiger partial charge < -0.3 is 9.84 Å². The second kappa shape index (κ2) is 5.02. The molecule has 7 nitrogen and oxygen atoms in total. The van der Waals surface area contributed by atoms with Gasteiger partial charge in [-0.05, 0) is 25.1 Å². The SMILES string of the molecule is Cc1cc(C(=O)Nc2cc(S(N)(=O)=O)ccc2F)no1. The third-order valence-corrected chi connectivity index (χ3v) is 3.29. The van der Waals surface area contributed by atoms with E-state index in [4.69, 9.17) is 9.66 Å². The Morgan fingerprint density at radius 3 is 2.65 bits per heavy atom. The summed E-state index contributed by atoms with van der Waals surface area (Å²) < 4.78 is 40.6. The number of nitrogens with one attached hydrogen (secondary N) is 1. The van der Waals surface area contributed by atoms with Gasteiger partial charge in [-0.2, -0.15) is 0 Å². The summed E-state index contributed by atoms with van der Waals surface area (Å²) in [4.78, 5) is 11.4. The molecule has 0 fully saturated rings. The molecule has 1 aromatic carbocycles. The van der Waals surface area contributed by atoms with Gasteiger partial charge in [0.1, 0.15) is 11.6 Å². The predicted molar refractivity (Wildman–Crippen MR) is 67.0 cm³/mol. The number of halogens is 1. The maximum atomic E-state index is 13.5. The topological polar surface area (TPSA) is 115 Å². The zero-order valence-corrected chi connectivity index (χ0v) is 11.1. The first-order valence-corrected chi connectivity index (χ1v) is 6.89. The Morgan fingerprint density at radius 2 is 2.10 bits per heavy atom. The van der Waals surface area contributed by atoms with Crippen molar-refractivity contribution < 1.29 is 22.1 Å². The molecule has 0 spiro atoms. The number of anilines is 1. The molecule has 1 amide bonds. The zero-order valence-electron chi connectivity index (χ0n) is 10.3. The normalized spacial score (nSPS) is 11.3. The Hall–Kier alpha value is -2.26. The lowest BCUT2D eigenvalue weighted by molar-refractivity contribution is 0.101. The van der Waals surface area contributed by atoms with Crippen molar-refractivity contribution >= 4 is 21.6 Å². The molecule has 1 heterocycles. The number of hydrogen-bond donors (Lipinski definition) is 2. The van der Waals surface area contributed by atoms with Crippen molar-refractivity contribution in [1.82, 2.24) is 5.16 Å². The van der Waals surface area contributed by atoms with Gasteiger partial charge in [-0.1, -0.05) is 5.16 Å². The fourth-order valence-corrected chi connectivity index (χ4v) is 1.98. The van der Waals surface area contributed by atoms with Crippen molar-refractivity contribution in [3.8, 4) is 0 Å². The molecule has 106 valence electrons. The maximum absolute atomic E-state index is 13.5. The number of benzene rings is 1. The number of sulfonamides is 1. The van der Waals surface area contributed by atoms with Gasteiger partial charge in [0, 0.05) is 6.07 Å². The Morgan fingerprint density at radius 1 is 1.40 bits per heavy atom. The summed E-state index contributed by atoms with van der Waals surface area (Å²) in [6.45, 7) is 1.59.